The van der Waals surface area contributed by atoms with Crippen molar-refractivity contribution < 1.29 is 9.84 Å². The zero-order valence-electron chi connectivity index (χ0n) is 11.7. The van der Waals surface area contributed by atoms with E-state index < -0.39 is 5.72 Å². The molecule has 112 valence electrons. The highest BCUT2D eigenvalue weighted by molar-refractivity contribution is 6.36. The maximum atomic E-state index is 10.4. The van der Waals surface area contributed by atoms with E-state index in [-0.39, 0.29) is 0 Å². The highest BCUT2D eigenvalue weighted by atomic mass is 35.5. The second-order valence-electron chi connectivity index (χ2n) is 4.69. The Balaban J connectivity index is 2.56. The molecular weight excluding hydrogens is 313 g/mol. The number of benzene rings is 1. The van der Waals surface area contributed by atoms with Crippen molar-refractivity contribution >= 4 is 23.2 Å². The minimum atomic E-state index is -1.29. The Morgan fingerprint density at radius 1 is 1.48 bits per heavy atom. The molecule has 0 spiro atoms. The lowest BCUT2D eigenvalue weighted by Gasteiger charge is -2.23. The van der Waals surface area contributed by atoms with E-state index >= 15 is 0 Å². The highest BCUT2D eigenvalue weighted by Gasteiger charge is 2.29. The molecule has 1 aromatic heterocycles. The van der Waals surface area contributed by atoms with Crippen LogP contribution in [0.4, 0.5) is 0 Å². The molecule has 21 heavy (non-hydrogen) atoms. The smallest absolute Gasteiger partial charge is 0.243 e. The molecule has 0 aliphatic rings. The van der Waals surface area contributed by atoms with E-state index in [2.05, 4.69) is 16.9 Å². The Labute approximate surface area is 132 Å². The summed E-state index contributed by atoms with van der Waals surface area (Å²) >= 11 is 12.1. The molecule has 0 saturated carbocycles. The zero-order valence-corrected chi connectivity index (χ0v) is 13.2. The molecule has 0 radical (unpaired) electrons. The van der Waals surface area contributed by atoms with Crippen molar-refractivity contribution in [2.45, 2.75) is 19.1 Å². The van der Waals surface area contributed by atoms with Gasteiger partial charge in [0, 0.05) is 17.0 Å². The van der Waals surface area contributed by atoms with E-state index in [9.17, 15) is 5.11 Å². The lowest BCUT2D eigenvalue weighted by atomic mass is 10.1. The Kier molecular flexibility index (Phi) is 4.56. The molecular formula is C14H15Cl2N3O2. The summed E-state index contributed by atoms with van der Waals surface area (Å²) in [6.45, 7) is 5.21. The fraction of sp³-hybridized carbons (Fsp3) is 0.286. The normalized spacial score (nSPS) is 13.8. The van der Waals surface area contributed by atoms with Crippen LogP contribution in [0.2, 0.25) is 10.0 Å². The van der Waals surface area contributed by atoms with Gasteiger partial charge in [0.05, 0.1) is 12.1 Å². The van der Waals surface area contributed by atoms with Crippen LogP contribution in [0, 0.1) is 0 Å². The van der Waals surface area contributed by atoms with E-state index in [0.717, 1.165) is 0 Å². The second kappa shape index (κ2) is 6.05. The molecule has 1 atom stereocenters. The predicted molar refractivity (Wildman–Crippen MR) is 82.7 cm³/mol. The molecule has 0 aliphatic heterocycles. The summed E-state index contributed by atoms with van der Waals surface area (Å²) in [4.78, 5) is 0. The molecule has 0 bridgehead atoms. The van der Waals surface area contributed by atoms with Crippen LogP contribution in [0.15, 0.2) is 30.9 Å². The van der Waals surface area contributed by atoms with Crippen LogP contribution >= 0.6 is 23.2 Å². The first-order chi connectivity index (χ1) is 9.90. The summed E-state index contributed by atoms with van der Waals surface area (Å²) in [6, 6.07) is 5.03. The van der Waals surface area contributed by atoms with E-state index in [0.29, 0.717) is 33.6 Å². The molecule has 0 aliphatic carbocycles. The number of aliphatic hydroxyl groups is 1. The van der Waals surface area contributed by atoms with Gasteiger partial charge in [-0.1, -0.05) is 34.5 Å². The van der Waals surface area contributed by atoms with Crippen LogP contribution in [0.25, 0.3) is 11.3 Å². The standard InChI is InChI=1S/C14H15Cl2N3O2/c1-4-7-14(2,20)19-13(21-3)12(17-18-19)10-6-5-9(15)8-11(10)16/h4-6,8,20H,1,7H2,2-3H3. The lowest BCUT2D eigenvalue weighted by Crippen LogP contribution is -2.30. The molecule has 1 N–H and O–H groups in total. The van der Waals surface area contributed by atoms with E-state index in [1.165, 1.54) is 11.8 Å². The number of hydrogen-bond acceptors (Lipinski definition) is 4. The van der Waals surface area contributed by atoms with Crippen LogP contribution < -0.4 is 4.74 Å². The summed E-state index contributed by atoms with van der Waals surface area (Å²) in [5.74, 6) is 0.311. The molecule has 7 heteroatoms. The first-order valence-electron chi connectivity index (χ1n) is 6.19. The largest absolute Gasteiger partial charge is 0.479 e. The summed E-state index contributed by atoms with van der Waals surface area (Å²) in [7, 11) is 1.48. The van der Waals surface area contributed by atoms with Gasteiger partial charge >= 0.3 is 0 Å². The van der Waals surface area contributed by atoms with E-state index in [1.54, 1.807) is 31.2 Å². The van der Waals surface area contributed by atoms with Crippen molar-refractivity contribution in [3.8, 4) is 17.1 Å². The molecule has 5 nitrogen and oxygen atoms in total. The number of halogens is 2. The lowest BCUT2D eigenvalue weighted by molar-refractivity contribution is -0.0340. The fourth-order valence-corrected chi connectivity index (χ4v) is 2.48. The molecule has 0 saturated heterocycles. The van der Waals surface area contributed by atoms with Gasteiger partial charge in [0.2, 0.25) is 5.88 Å². The SMILES string of the molecule is C=CCC(C)(O)n1nnc(-c2ccc(Cl)cc2Cl)c1OC. The van der Waals surface area contributed by atoms with Gasteiger partial charge < -0.3 is 9.84 Å². The van der Waals surface area contributed by atoms with Gasteiger partial charge in [-0.15, -0.1) is 11.7 Å². The number of hydrogen-bond donors (Lipinski definition) is 1. The summed E-state index contributed by atoms with van der Waals surface area (Å²) in [5.41, 5.74) is -0.237. The third-order valence-corrected chi connectivity index (χ3v) is 3.54. The highest BCUT2D eigenvalue weighted by Crippen LogP contribution is 2.36. The van der Waals surface area contributed by atoms with E-state index in [4.69, 9.17) is 27.9 Å². The molecule has 1 unspecified atom stereocenters. The molecule has 1 aromatic carbocycles. The van der Waals surface area contributed by atoms with Gasteiger partial charge in [-0.25, -0.2) is 0 Å². The second-order valence-corrected chi connectivity index (χ2v) is 5.54. The number of methoxy groups -OCH3 is 1. The Morgan fingerprint density at radius 2 is 2.19 bits per heavy atom. The zero-order chi connectivity index (χ0) is 15.6. The summed E-state index contributed by atoms with van der Waals surface area (Å²) < 4.78 is 6.64. The van der Waals surface area contributed by atoms with Crippen molar-refractivity contribution in [2.75, 3.05) is 7.11 Å². The van der Waals surface area contributed by atoms with Crippen molar-refractivity contribution in [1.82, 2.24) is 15.0 Å². The van der Waals surface area contributed by atoms with Crippen LogP contribution in [-0.4, -0.2) is 27.2 Å². The Bertz CT molecular complexity index is 668. The van der Waals surface area contributed by atoms with Gasteiger partial charge in [0.1, 0.15) is 0 Å². The number of ether oxygens (including phenoxy) is 1. The van der Waals surface area contributed by atoms with Crippen LogP contribution in [0.1, 0.15) is 13.3 Å². The van der Waals surface area contributed by atoms with Gasteiger partial charge in [0.15, 0.2) is 11.4 Å². The molecule has 0 amide bonds. The first kappa shape index (κ1) is 15.8. The molecule has 1 heterocycles. The van der Waals surface area contributed by atoms with Crippen LogP contribution in [0.5, 0.6) is 5.88 Å². The van der Waals surface area contributed by atoms with Crippen molar-refractivity contribution in [2.24, 2.45) is 0 Å². The Morgan fingerprint density at radius 3 is 2.76 bits per heavy atom. The van der Waals surface area contributed by atoms with Crippen LogP contribution in [-0.2, 0) is 5.72 Å². The maximum absolute atomic E-state index is 10.4. The number of nitrogens with zero attached hydrogens (tertiary/aromatic N) is 3. The average Bonchev–Trinajstić information content (AvgIpc) is 2.83. The monoisotopic (exact) mass is 327 g/mol. The van der Waals surface area contributed by atoms with Crippen LogP contribution in [0.3, 0.4) is 0 Å². The van der Waals surface area contributed by atoms with Gasteiger partial charge in [-0.05, 0) is 25.1 Å². The van der Waals surface area contributed by atoms with Crippen molar-refractivity contribution in [3.63, 3.8) is 0 Å². The van der Waals surface area contributed by atoms with E-state index in [1.807, 2.05) is 0 Å². The minimum Gasteiger partial charge on any atom is -0.479 e. The Hall–Kier alpha value is -1.56. The third-order valence-electron chi connectivity index (χ3n) is 3.00. The predicted octanol–water partition coefficient (Wildman–Crippen LogP) is 3.50. The third kappa shape index (κ3) is 3.05. The molecule has 2 aromatic rings. The summed E-state index contributed by atoms with van der Waals surface area (Å²) in [6.07, 6.45) is 1.89. The van der Waals surface area contributed by atoms with Crippen molar-refractivity contribution in [3.05, 3.63) is 40.9 Å². The molecule has 2 rings (SSSR count). The topological polar surface area (TPSA) is 60.2 Å². The van der Waals surface area contributed by atoms with Gasteiger partial charge in [0.25, 0.3) is 0 Å². The quantitative estimate of drug-likeness (QED) is 0.854. The minimum absolute atomic E-state index is 0.292. The summed E-state index contributed by atoms with van der Waals surface area (Å²) in [5, 5.41) is 19.4. The fourth-order valence-electron chi connectivity index (χ4n) is 1.98. The van der Waals surface area contributed by atoms with Gasteiger partial charge in [-0.2, -0.15) is 4.68 Å². The molecule has 0 fully saturated rings. The van der Waals surface area contributed by atoms with Gasteiger partial charge in [-0.3, -0.25) is 0 Å². The first-order valence-corrected chi connectivity index (χ1v) is 6.95. The number of rotatable bonds is 5. The average molecular weight is 328 g/mol. The maximum Gasteiger partial charge on any atom is 0.243 e. The van der Waals surface area contributed by atoms with Crippen molar-refractivity contribution in [1.29, 1.82) is 0 Å². The number of aromatic nitrogens is 3.